The number of sulfonamides is 1. The lowest BCUT2D eigenvalue weighted by molar-refractivity contribution is -0.141. The zero-order valence-corrected chi connectivity index (χ0v) is 26.8. The Hall–Kier alpha value is -3.21. The number of carbonyl (C=O) groups excluding carboxylic acids is 3. The maximum absolute atomic E-state index is 14.1. The van der Waals surface area contributed by atoms with Crippen LogP contribution in [0.2, 0.25) is 0 Å². The Kier molecular flexibility index (Phi) is 8.13. The summed E-state index contributed by atoms with van der Waals surface area (Å²) < 4.78 is 35.8. The zero-order valence-electron chi connectivity index (χ0n) is 26.0. The maximum Gasteiger partial charge on any atom is 0.297 e. The largest absolute Gasteiger partial charge is 0.459 e. The number of aromatic nitrogens is 2. The van der Waals surface area contributed by atoms with Crippen LogP contribution in [0.3, 0.4) is 0 Å². The Morgan fingerprint density at radius 3 is 2.68 bits per heavy atom. The van der Waals surface area contributed by atoms with Crippen LogP contribution in [0.4, 0.5) is 0 Å². The van der Waals surface area contributed by atoms with Gasteiger partial charge in [-0.2, -0.15) is 4.98 Å². The van der Waals surface area contributed by atoms with Crippen LogP contribution in [-0.4, -0.2) is 63.9 Å². The molecule has 2 aliphatic carbocycles. The Bertz CT molecular complexity index is 1590. The first-order valence-corrected chi connectivity index (χ1v) is 17.6. The van der Waals surface area contributed by atoms with Gasteiger partial charge in [-0.25, -0.2) is 8.42 Å². The predicted molar refractivity (Wildman–Crippen MR) is 166 cm³/mol. The van der Waals surface area contributed by atoms with E-state index < -0.39 is 38.2 Å². The summed E-state index contributed by atoms with van der Waals surface area (Å²) in [6, 6.07) is 7.49. The van der Waals surface area contributed by atoms with Crippen LogP contribution in [0, 0.1) is 17.3 Å². The van der Waals surface area contributed by atoms with Crippen molar-refractivity contribution in [2.45, 2.75) is 108 Å². The smallest absolute Gasteiger partial charge is 0.297 e. The first kappa shape index (κ1) is 30.8. The second-order valence-electron chi connectivity index (χ2n) is 13.6. The molecule has 2 amide bonds. The number of nitrogens with zero attached hydrogens (tertiary/aromatic N) is 3. The van der Waals surface area contributed by atoms with Gasteiger partial charge in [0.2, 0.25) is 21.8 Å². The molecule has 44 heavy (non-hydrogen) atoms. The van der Waals surface area contributed by atoms with E-state index in [2.05, 4.69) is 15.8 Å². The van der Waals surface area contributed by atoms with Crippen molar-refractivity contribution in [3.63, 3.8) is 0 Å². The first-order chi connectivity index (χ1) is 21.0. The molecule has 1 aromatic heterocycles. The zero-order chi connectivity index (χ0) is 31.3. The summed E-state index contributed by atoms with van der Waals surface area (Å²) in [7, 11) is -3.85. The molecule has 2 aliphatic heterocycles. The molecule has 6 rings (SSSR count). The van der Waals surface area contributed by atoms with Gasteiger partial charge in [-0.1, -0.05) is 44.1 Å². The molecule has 1 aromatic carbocycles. The second-order valence-corrected chi connectivity index (χ2v) is 15.8. The van der Waals surface area contributed by atoms with Crippen molar-refractivity contribution in [1.29, 1.82) is 0 Å². The minimum Gasteiger partial charge on any atom is -0.459 e. The SMILES string of the molecule is CCn1c(O[C@@H]2C[C@H]3C(=O)C[C@]4(C(=O)NS(=O)(=O)C5(C)CC5)C[C@H]4/C=C\CCCCC[C@H](C)C(=O)N3C2)nc2ccccc21. The molecular formula is C33H44N4O6S. The molecule has 1 N–H and O–H groups in total. The van der Waals surface area contributed by atoms with Gasteiger partial charge in [-0.05, 0) is 70.4 Å². The monoisotopic (exact) mass is 624 g/mol. The number of nitrogens with one attached hydrogen (secondary N) is 1. The van der Waals surface area contributed by atoms with E-state index in [0.29, 0.717) is 38.2 Å². The summed E-state index contributed by atoms with van der Waals surface area (Å²) in [5, 5.41) is 0. The van der Waals surface area contributed by atoms with E-state index in [-0.39, 0.29) is 36.5 Å². The van der Waals surface area contributed by atoms with Crippen LogP contribution < -0.4 is 9.46 Å². The van der Waals surface area contributed by atoms with E-state index in [4.69, 9.17) is 4.74 Å². The maximum atomic E-state index is 14.1. The molecule has 0 spiro atoms. The molecule has 3 heterocycles. The van der Waals surface area contributed by atoms with Crippen molar-refractivity contribution in [3.05, 3.63) is 36.4 Å². The minimum absolute atomic E-state index is 0.0819. The molecule has 2 aromatic rings. The molecule has 4 aliphatic rings. The number of hydrogen-bond donors (Lipinski definition) is 1. The molecule has 0 unspecified atom stereocenters. The van der Waals surface area contributed by atoms with Gasteiger partial charge >= 0.3 is 0 Å². The van der Waals surface area contributed by atoms with Gasteiger partial charge in [-0.15, -0.1) is 0 Å². The van der Waals surface area contributed by atoms with Crippen molar-refractivity contribution in [2.75, 3.05) is 6.54 Å². The Labute approximate surface area is 259 Å². The van der Waals surface area contributed by atoms with Crippen molar-refractivity contribution in [2.24, 2.45) is 17.3 Å². The molecule has 0 bridgehead atoms. The molecular weight excluding hydrogens is 580 g/mol. The number of fused-ring (bicyclic) bond motifs is 3. The highest BCUT2D eigenvalue weighted by atomic mass is 32.2. The fourth-order valence-electron chi connectivity index (χ4n) is 6.94. The van der Waals surface area contributed by atoms with Crippen molar-refractivity contribution < 1.29 is 27.5 Å². The summed E-state index contributed by atoms with van der Waals surface area (Å²) in [4.78, 5) is 48.0. The number of hydrogen-bond acceptors (Lipinski definition) is 7. The number of benzene rings is 1. The number of Topliss-reactive ketones (excluding diaryl/α,β-unsaturated/α-hetero) is 1. The van der Waals surface area contributed by atoms with Gasteiger partial charge in [0.1, 0.15) is 6.10 Å². The highest BCUT2D eigenvalue weighted by Crippen LogP contribution is 2.57. The highest BCUT2D eigenvalue weighted by molar-refractivity contribution is 7.91. The third kappa shape index (κ3) is 5.68. The lowest BCUT2D eigenvalue weighted by atomic mass is 9.91. The van der Waals surface area contributed by atoms with E-state index in [9.17, 15) is 22.8 Å². The summed E-state index contributed by atoms with van der Waals surface area (Å²) in [6.45, 7) is 6.48. The number of aryl methyl sites for hydroxylation is 1. The average Bonchev–Trinajstić information content (AvgIpc) is 3.81. The lowest BCUT2D eigenvalue weighted by Crippen LogP contribution is -2.46. The van der Waals surface area contributed by atoms with Gasteiger partial charge in [0.25, 0.3) is 6.01 Å². The summed E-state index contributed by atoms with van der Waals surface area (Å²) >= 11 is 0. The number of carbonyl (C=O) groups is 3. The van der Waals surface area contributed by atoms with Gasteiger partial charge in [-0.3, -0.25) is 23.7 Å². The predicted octanol–water partition coefficient (Wildman–Crippen LogP) is 4.52. The Balaban J connectivity index is 1.27. The van der Waals surface area contributed by atoms with E-state index in [1.165, 1.54) is 0 Å². The first-order valence-electron chi connectivity index (χ1n) is 16.2. The molecule has 1 saturated heterocycles. The van der Waals surface area contributed by atoms with Crippen LogP contribution in [-0.2, 0) is 31.0 Å². The van der Waals surface area contributed by atoms with Gasteiger partial charge in [0.15, 0.2) is 5.78 Å². The van der Waals surface area contributed by atoms with Crippen LogP contribution in [0.5, 0.6) is 6.01 Å². The summed E-state index contributed by atoms with van der Waals surface area (Å²) in [5.74, 6) is -1.38. The van der Waals surface area contributed by atoms with E-state index in [1.807, 2.05) is 48.8 Å². The van der Waals surface area contributed by atoms with Crippen molar-refractivity contribution in [3.8, 4) is 6.01 Å². The van der Waals surface area contributed by atoms with Crippen LogP contribution in [0.25, 0.3) is 11.0 Å². The number of imidazole rings is 1. The fraction of sp³-hybridized carbons (Fsp3) is 0.636. The van der Waals surface area contributed by atoms with Crippen LogP contribution in [0.1, 0.15) is 85.0 Å². The number of amides is 2. The number of ketones is 1. The number of rotatable bonds is 6. The van der Waals surface area contributed by atoms with Gasteiger partial charge in [0, 0.05) is 25.3 Å². The summed E-state index contributed by atoms with van der Waals surface area (Å²) in [6.07, 6.45) is 9.64. The topological polar surface area (TPSA) is 128 Å². The molecule has 0 radical (unpaired) electrons. The number of allylic oxidation sites excluding steroid dienone is 2. The molecule has 10 nitrogen and oxygen atoms in total. The fourth-order valence-corrected chi connectivity index (χ4v) is 8.27. The summed E-state index contributed by atoms with van der Waals surface area (Å²) in [5.41, 5.74) is 0.629. The standard InChI is InChI=1S/C33H44N4O6S/c1-4-36-26-15-11-10-14-25(26)34-31(36)43-24-18-27-28(38)20-33(30(40)35-44(41,42)32(3)16-17-32)19-23(33)13-9-7-5-6-8-12-22(2)29(39)37(27)21-24/h9-11,13-15,22-24,27H,4-8,12,16-21H2,1-3H3,(H,35,40)/b13-9-/t22-,23+,24+,27-,33+/m0/s1. The quantitative estimate of drug-likeness (QED) is 0.468. The average molecular weight is 625 g/mol. The lowest BCUT2D eigenvalue weighted by Gasteiger charge is -2.28. The van der Waals surface area contributed by atoms with Gasteiger partial charge in [0.05, 0.1) is 33.8 Å². The van der Waals surface area contributed by atoms with E-state index in [0.717, 1.165) is 43.1 Å². The molecule has 2 saturated carbocycles. The third-order valence-electron chi connectivity index (χ3n) is 10.3. The second kappa shape index (κ2) is 11.6. The molecule has 3 fully saturated rings. The number of para-hydroxylation sites is 2. The Morgan fingerprint density at radius 1 is 1.16 bits per heavy atom. The van der Waals surface area contributed by atoms with Crippen LogP contribution >= 0.6 is 0 Å². The third-order valence-corrected chi connectivity index (χ3v) is 12.5. The Morgan fingerprint density at radius 2 is 1.93 bits per heavy atom. The van der Waals surface area contributed by atoms with E-state index in [1.54, 1.807) is 11.8 Å². The highest BCUT2D eigenvalue weighted by Gasteiger charge is 2.62. The molecule has 238 valence electrons. The normalized spacial score (nSPS) is 31.4. The van der Waals surface area contributed by atoms with Crippen molar-refractivity contribution >= 4 is 38.7 Å². The molecule has 5 atom stereocenters. The van der Waals surface area contributed by atoms with Crippen LogP contribution in [0.15, 0.2) is 36.4 Å². The minimum atomic E-state index is -3.85. The van der Waals surface area contributed by atoms with E-state index >= 15 is 0 Å². The van der Waals surface area contributed by atoms with Gasteiger partial charge < -0.3 is 9.64 Å². The number of ether oxygens (including phenoxy) is 1. The molecule has 11 heteroatoms. The van der Waals surface area contributed by atoms with Crippen molar-refractivity contribution in [1.82, 2.24) is 19.2 Å².